The van der Waals surface area contributed by atoms with Crippen molar-refractivity contribution < 1.29 is 9.53 Å². The van der Waals surface area contributed by atoms with Crippen LogP contribution in [0, 0.1) is 0 Å². The highest BCUT2D eigenvalue weighted by Gasteiger charge is 2.17. The van der Waals surface area contributed by atoms with Gasteiger partial charge < -0.3 is 15.0 Å². The number of anilines is 1. The number of amides is 1. The van der Waals surface area contributed by atoms with E-state index in [1.165, 1.54) is 18.3 Å². The van der Waals surface area contributed by atoms with Crippen LogP contribution in [0.5, 0.6) is 5.75 Å². The lowest BCUT2D eigenvalue weighted by Gasteiger charge is -2.21. The maximum Gasteiger partial charge on any atom is 0.257 e. The lowest BCUT2D eigenvalue weighted by molar-refractivity contribution is 0.102. The summed E-state index contributed by atoms with van der Waals surface area (Å²) >= 11 is 0. The summed E-state index contributed by atoms with van der Waals surface area (Å²) in [6, 6.07) is 8.52. The van der Waals surface area contributed by atoms with Crippen molar-refractivity contribution in [1.82, 2.24) is 4.98 Å². The van der Waals surface area contributed by atoms with Gasteiger partial charge in [-0.2, -0.15) is 0 Å². The Bertz CT molecular complexity index is 722. The normalized spacial score (nSPS) is 11.1. The second-order valence-electron chi connectivity index (χ2n) is 6.06. The molecule has 0 aliphatic rings. The Kier molecular flexibility index (Phi) is 4.35. The van der Waals surface area contributed by atoms with Crippen molar-refractivity contribution in [2.45, 2.75) is 26.2 Å². The van der Waals surface area contributed by atoms with E-state index in [4.69, 9.17) is 4.74 Å². The number of ether oxygens (including phenoxy) is 1. The molecule has 0 spiro atoms. The largest absolute Gasteiger partial charge is 0.495 e. The van der Waals surface area contributed by atoms with Gasteiger partial charge in [0.2, 0.25) is 5.56 Å². The van der Waals surface area contributed by atoms with Crippen LogP contribution >= 0.6 is 0 Å². The predicted molar refractivity (Wildman–Crippen MR) is 86.7 cm³/mol. The van der Waals surface area contributed by atoms with Gasteiger partial charge >= 0.3 is 0 Å². The van der Waals surface area contributed by atoms with E-state index in [9.17, 15) is 9.59 Å². The fraction of sp³-hybridized carbons (Fsp3) is 0.294. The SMILES string of the molecule is COc1ccc(C(C)(C)C)cc1NC(=O)c1ccc(=O)[nH]c1. The summed E-state index contributed by atoms with van der Waals surface area (Å²) in [7, 11) is 1.56. The summed E-state index contributed by atoms with van der Waals surface area (Å²) < 4.78 is 5.30. The summed E-state index contributed by atoms with van der Waals surface area (Å²) in [6.07, 6.45) is 1.39. The first-order valence-electron chi connectivity index (χ1n) is 7.00. The van der Waals surface area contributed by atoms with E-state index in [0.717, 1.165) is 5.56 Å². The van der Waals surface area contributed by atoms with Gasteiger partial charge in [0.25, 0.3) is 5.91 Å². The van der Waals surface area contributed by atoms with Crippen LogP contribution in [0.2, 0.25) is 0 Å². The minimum absolute atomic E-state index is 0.0380. The number of nitrogens with one attached hydrogen (secondary N) is 2. The highest BCUT2D eigenvalue weighted by Crippen LogP contribution is 2.31. The number of carbonyl (C=O) groups is 1. The number of methoxy groups -OCH3 is 1. The van der Waals surface area contributed by atoms with Crippen molar-refractivity contribution in [2.75, 3.05) is 12.4 Å². The first-order chi connectivity index (χ1) is 10.3. The van der Waals surface area contributed by atoms with Crippen molar-refractivity contribution in [3.8, 4) is 5.75 Å². The number of hydrogen-bond donors (Lipinski definition) is 2. The molecule has 116 valence electrons. The van der Waals surface area contributed by atoms with Gasteiger partial charge in [-0.25, -0.2) is 0 Å². The van der Waals surface area contributed by atoms with Crippen LogP contribution in [0.25, 0.3) is 0 Å². The quantitative estimate of drug-likeness (QED) is 0.915. The van der Waals surface area contributed by atoms with E-state index in [0.29, 0.717) is 17.0 Å². The molecule has 2 aromatic rings. The molecular weight excluding hydrogens is 280 g/mol. The van der Waals surface area contributed by atoms with Gasteiger partial charge in [-0.15, -0.1) is 0 Å². The molecule has 5 nitrogen and oxygen atoms in total. The standard InChI is InChI=1S/C17H20N2O3/c1-17(2,3)12-6-7-14(22-4)13(9-12)19-16(21)11-5-8-15(20)18-10-11/h5-10H,1-4H3,(H,18,20)(H,19,21). The predicted octanol–water partition coefficient (Wildman–Crippen LogP) is 2.93. The van der Waals surface area contributed by atoms with Gasteiger partial charge in [-0.1, -0.05) is 26.8 Å². The third-order valence-corrected chi connectivity index (χ3v) is 3.36. The molecule has 0 aliphatic carbocycles. The Hall–Kier alpha value is -2.56. The average molecular weight is 300 g/mol. The van der Waals surface area contributed by atoms with Crippen molar-refractivity contribution in [3.05, 3.63) is 58.0 Å². The second-order valence-corrected chi connectivity index (χ2v) is 6.06. The minimum Gasteiger partial charge on any atom is -0.495 e. The van der Waals surface area contributed by atoms with Crippen LogP contribution in [-0.4, -0.2) is 18.0 Å². The third kappa shape index (κ3) is 3.55. The monoisotopic (exact) mass is 300 g/mol. The van der Waals surface area contributed by atoms with Gasteiger partial charge in [0, 0.05) is 12.3 Å². The third-order valence-electron chi connectivity index (χ3n) is 3.36. The molecule has 0 fully saturated rings. The molecule has 1 aromatic heterocycles. The molecule has 5 heteroatoms. The second kappa shape index (κ2) is 6.05. The van der Waals surface area contributed by atoms with Crippen LogP contribution < -0.4 is 15.6 Å². The molecule has 22 heavy (non-hydrogen) atoms. The molecule has 2 N–H and O–H groups in total. The average Bonchev–Trinajstić information content (AvgIpc) is 2.46. The molecule has 0 saturated carbocycles. The molecule has 0 unspecified atom stereocenters. The zero-order valence-corrected chi connectivity index (χ0v) is 13.2. The highest BCUT2D eigenvalue weighted by molar-refractivity contribution is 6.04. The maximum absolute atomic E-state index is 12.3. The molecule has 1 amide bonds. The van der Waals surface area contributed by atoms with Gasteiger partial charge in [0.1, 0.15) is 5.75 Å². The van der Waals surface area contributed by atoms with Crippen molar-refractivity contribution in [3.63, 3.8) is 0 Å². The molecule has 1 aromatic carbocycles. The van der Waals surface area contributed by atoms with Crippen molar-refractivity contribution in [2.24, 2.45) is 0 Å². The molecular formula is C17H20N2O3. The summed E-state index contributed by atoms with van der Waals surface area (Å²) in [4.78, 5) is 25.8. The number of aromatic amines is 1. The van der Waals surface area contributed by atoms with Crippen LogP contribution in [0.3, 0.4) is 0 Å². The van der Waals surface area contributed by atoms with E-state index in [2.05, 4.69) is 31.1 Å². The smallest absolute Gasteiger partial charge is 0.257 e. The van der Waals surface area contributed by atoms with Gasteiger partial charge in [-0.3, -0.25) is 9.59 Å². The summed E-state index contributed by atoms with van der Waals surface area (Å²) in [5, 5.41) is 2.82. The minimum atomic E-state index is -0.305. The van der Waals surface area contributed by atoms with Crippen LogP contribution in [0.15, 0.2) is 41.3 Å². The highest BCUT2D eigenvalue weighted by atomic mass is 16.5. The van der Waals surface area contributed by atoms with E-state index in [-0.39, 0.29) is 16.9 Å². The summed E-state index contributed by atoms with van der Waals surface area (Å²) in [5.41, 5.74) is 1.78. The van der Waals surface area contributed by atoms with E-state index >= 15 is 0 Å². The number of rotatable bonds is 3. The Morgan fingerprint density at radius 2 is 1.91 bits per heavy atom. The number of carbonyl (C=O) groups excluding carboxylic acids is 1. The molecule has 1 heterocycles. The van der Waals surface area contributed by atoms with Gasteiger partial charge in [-0.05, 0) is 29.2 Å². The summed E-state index contributed by atoms with van der Waals surface area (Å²) in [6.45, 7) is 6.30. The number of hydrogen-bond acceptors (Lipinski definition) is 3. The Morgan fingerprint density at radius 1 is 1.18 bits per heavy atom. The van der Waals surface area contributed by atoms with Crippen molar-refractivity contribution >= 4 is 11.6 Å². The number of aromatic nitrogens is 1. The van der Waals surface area contributed by atoms with E-state index in [1.807, 2.05) is 18.2 Å². The van der Waals surface area contributed by atoms with Crippen LogP contribution in [0.4, 0.5) is 5.69 Å². The topological polar surface area (TPSA) is 71.2 Å². The molecule has 0 radical (unpaired) electrons. The molecule has 0 saturated heterocycles. The Morgan fingerprint density at radius 3 is 2.45 bits per heavy atom. The Balaban J connectivity index is 2.33. The van der Waals surface area contributed by atoms with Crippen LogP contribution in [-0.2, 0) is 5.41 Å². The first-order valence-corrected chi connectivity index (χ1v) is 7.00. The number of pyridine rings is 1. The van der Waals surface area contributed by atoms with Gasteiger partial charge in [0.15, 0.2) is 0 Å². The van der Waals surface area contributed by atoms with Gasteiger partial charge in [0.05, 0.1) is 18.4 Å². The fourth-order valence-electron chi connectivity index (χ4n) is 2.02. The van der Waals surface area contributed by atoms with E-state index < -0.39 is 0 Å². The van der Waals surface area contributed by atoms with E-state index in [1.54, 1.807) is 7.11 Å². The zero-order chi connectivity index (χ0) is 16.3. The first kappa shape index (κ1) is 15.8. The molecule has 0 atom stereocenters. The van der Waals surface area contributed by atoms with Crippen molar-refractivity contribution in [1.29, 1.82) is 0 Å². The number of benzene rings is 1. The molecule has 0 aliphatic heterocycles. The molecule has 0 bridgehead atoms. The number of H-pyrrole nitrogens is 1. The lowest BCUT2D eigenvalue weighted by Crippen LogP contribution is -2.16. The fourth-order valence-corrected chi connectivity index (χ4v) is 2.02. The summed E-state index contributed by atoms with van der Waals surface area (Å²) in [5.74, 6) is 0.284. The Labute approximate surface area is 129 Å². The van der Waals surface area contributed by atoms with Crippen LogP contribution in [0.1, 0.15) is 36.7 Å². The maximum atomic E-state index is 12.3. The zero-order valence-electron chi connectivity index (χ0n) is 13.2. The molecule has 2 rings (SSSR count). The lowest BCUT2D eigenvalue weighted by atomic mass is 9.87.